The van der Waals surface area contributed by atoms with Gasteiger partial charge in [0.2, 0.25) is 5.91 Å². The molecule has 0 aromatic heterocycles. The monoisotopic (exact) mass is 439 g/mol. The van der Waals surface area contributed by atoms with Crippen LogP contribution in [0.4, 0.5) is 0 Å². The second-order valence-electron chi connectivity index (χ2n) is 9.49. The molecule has 2 N–H and O–H groups in total. The molecule has 0 aliphatic carbocycles. The van der Waals surface area contributed by atoms with Gasteiger partial charge in [-0.2, -0.15) is 0 Å². The first-order chi connectivity index (χ1) is 15.1. The molecule has 0 aliphatic rings. The molecule has 0 saturated carbocycles. The van der Waals surface area contributed by atoms with Gasteiger partial charge in [0.05, 0.1) is 12.5 Å². The van der Waals surface area contributed by atoms with E-state index in [-0.39, 0.29) is 36.2 Å². The fourth-order valence-corrected chi connectivity index (χ4v) is 3.29. The van der Waals surface area contributed by atoms with E-state index in [4.69, 9.17) is 4.74 Å². The van der Waals surface area contributed by atoms with Crippen LogP contribution in [0.25, 0.3) is 0 Å². The van der Waals surface area contributed by atoms with Gasteiger partial charge in [-0.3, -0.25) is 9.59 Å². The number of ether oxygens (including phenoxy) is 1. The van der Waals surface area contributed by atoms with Crippen molar-refractivity contribution in [1.29, 1.82) is 0 Å². The SMILES string of the molecule is CC(C)C(=O)Oc1ccc(CO)cc1[C@H](CCNC(=O)C(C)(C)C(C)C)c1ccccc1. The predicted molar refractivity (Wildman–Crippen MR) is 127 cm³/mol. The summed E-state index contributed by atoms with van der Waals surface area (Å²) in [5.41, 5.74) is 2.17. The van der Waals surface area contributed by atoms with Gasteiger partial charge < -0.3 is 15.2 Å². The molecule has 0 saturated heterocycles. The third kappa shape index (κ3) is 6.42. The molecule has 32 heavy (non-hydrogen) atoms. The van der Waals surface area contributed by atoms with Crippen molar-refractivity contribution in [2.75, 3.05) is 6.54 Å². The quantitative estimate of drug-likeness (QED) is 0.401. The zero-order chi connectivity index (χ0) is 23.9. The van der Waals surface area contributed by atoms with Crippen molar-refractivity contribution in [2.45, 2.75) is 60.5 Å². The molecule has 0 fully saturated rings. The van der Waals surface area contributed by atoms with Crippen LogP contribution < -0.4 is 10.1 Å². The average Bonchev–Trinajstić information content (AvgIpc) is 2.77. The van der Waals surface area contributed by atoms with Crippen molar-refractivity contribution in [3.8, 4) is 5.75 Å². The lowest BCUT2D eigenvalue weighted by Crippen LogP contribution is -2.40. The first kappa shape index (κ1) is 25.6. The van der Waals surface area contributed by atoms with E-state index in [9.17, 15) is 14.7 Å². The maximum absolute atomic E-state index is 12.7. The molecule has 0 aliphatic heterocycles. The highest BCUT2D eigenvalue weighted by atomic mass is 16.5. The Hall–Kier alpha value is -2.66. The van der Waals surface area contributed by atoms with Gasteiger partial charge in [0, 0.05) is 23.4 Å². The first-order valence-electron chi connectivity index (χ1n) is 11.4. The number of aliphatic hydroxyl groups is 1. The molecule has 0 unspecified atom stereocenters. The number of hydrogen-bond donors (Lipinski definition) is 2. The largest absolute Gasteiger partial charge is 0.426 e. The van der Waals surface area contributed by atoms with Crippen LogP contribution in [0.15, 0.2) is 48.5 Å². The van der Waals surface area contributed by atoms with Crippen LogP contribution >= 0.6 is 0 Å². The van der Waals surface area contributed by atoms with Gasteiger partial charge in [-0.05, 0) is 35.6 Å². The Bertz CT molecular complexity index is 903. The predicted octanol–water partition coefficient (Wildman–Crippen LogP) is 5.06. The Morgan fingerprint density at radius 3 is 2.25 bits per heavy atom. The summed E-state index contributed by atoms with van der Waals surface area (Å²) in [6.45, 7) is 12.0. The lowest BCUT2D eigenvalue weighted by molar-refractivity contribution is -0.137. The van der Waals surface area contributed by atoms with E-state index in [1.165, 1.54) is 0 Å². The van der Waals surface area contributed by atoms with Crippen LogP contribution in [-0.4, -0.2) is 23.5 Å². The number of esters is 1. The van der Waals surface area contributed by atoms with E-state index in [2.05, 4.69) is 5.32 Å². The van der Waals surface area contributed by atoms with E-state index >= 15 is 0 Å². The number of hydrogen-bond acceptors (Lipinski definition) is 4. The summed E-state index contributed by atoms with van der Waals surface area (Å²) in [5, 5.41) is 12.8. The lowest BCUT2D eigenvalue weighted by Gasteiger charge is -2.28. The van der Waals surface area contributed by atoms with Gasteiger partial charge in [-0.1, -0.05) is 77.9 Å². The Morgan fingerprint density at radius 1 is 1.03 bits per heavy atom. The second-order valence-corrected chi connectivity index (χ2v) is 9.49. The minimum Gasteiger partial charge on any atom is -0.426 e. The van der Waals surface area contributed by atoms with Gasteiger partial charge in [-0.15, -0.1) is 0 Å². The van der Waals surface area contributed by atoms with Crippen molar-refractivity contribution < 1.29 is 19.4 Å². The number of carbonyl (C=O) groups excluding carboxylic acids is 2. The van der Waals surface area contributed by atoms with E-state index in [0.29, 0.717) is 18.7 Å². The summed E-state index contributed by atoms with van der Waals surface area (Å²) in [5.74, 6) is 0.0594. The van der Waals surface area contributed by atoms with Crippen LogP contribution in [0, 0.1) is 17.3 Å². The van der Waals surface area contributed by atoms with Crippen LogP contribution in [0.5, 0.6) is 5.75 Å². The van der Waals surface area contributed by atoms with Crippen LogP contribution in [0.3, 0.4) is 0 Å². The molecule has 0 radical (unpaired) electrons. The normalized spacial score (nSPS) is 12.7. The molecule has 174 valence electrons. The highest BCUT2D eigenvalue weighted by molar-refractivity contribution is 5.82. The Balaban J connectivity index is 2.37. The molecule has 5 heteroatoms. The highest BCUT2D eigenvalue weighted by Gasteiger charge is 2.31. The van der Waals surface area contributed by atoms with Crippen molar-refractivity contribution in [2.24, 2.45) is 17.3 Å². The topological polar surface area (TPSA) is 75.6 Å². The minimum absolute atomic E-state index is 0.0230. The molecule has 2 aromatic rings. The lowest BCUT2D eigenvalue weighted by atomic mass is 9.80. The standard InChI is InChI=1S/C27H37NO4/c1-18(2)25(30)32-24-13-12-20(17-29)16-23(24)22(21-10-8-7-9-11-21)14-15-28-26(31)27(5,6)19(3)4/h7-13,16,18-19,22,29H,14-15,17H2,1-6H3,(H,28,31)/t22-/m1/s1. The number of aliphatic hydroxyl groups excluding tert-OH is 1. The summed E-state index contributed by atoms with van der Waals surface area (Å²) in [4.78, 5) is 25.1. The fourth-order valence-electron chi connectivity index (χ4n) is 3.29. The molecule has 1 atom stereocenters. The summed E-state index contributed by atoms with van der Waals surface area (Å²) in [6.07, 6.45) is 0.630. The smallest absolute Gasteiger partial charge is 0.313 e. The van der Waals surface area contributed by atoms with Gasteiger partial charge in [0.25, 0.3) is 0 Å². The van der Waals surface area contributed by atoms with Crippen LogP contribution in [-0.2, 0) is 16.2 Å². The van der Waals surface area contributed by atoms with Crippen molar-refractivity contribution >= 4 is 11.9 Å². The van der Waals surface area contributed by atoms with E-state index in [1.807, 2.05) is 64.1 Å². The van der Waals surface area contributed by atoms with Gasteiger partial charge in [0.15, 0.2) is 0 Å². The third-order valence-electron chi connectivity index (χ3n) is 6.26. The Labute approximate surface area is 192 Å². The average molecular weight is 440 g/mol. The highest BCUT2D eigenvalue weighted by Crippen LogP contribution is 2.36. The number of nitrogens with one attached hydrogen (secondary N) is 1. The minimum atomic E-state index is -0.461. The van der Waals surface area contributed by atoms with Gasteiger partial charge >= 0.3 is 5.97 Å². The summed E-state index contributed by atoms with van der Waals surface area (Å²) in [7, 11) is 0. The summed E-state index contributed by atoms with van der Waals surface area (Å²) < 4.78 is 5.71. The molecule has 2 aromatic carbocycles. The summed E-state index contributed by atoms with van der Waals surface area (Å²) >= 11 is 0. The van der Waals surface area contributed by atoms with Gasteiger partial charge in [0.1, 0.15) is 5.75 Å². The maximum Gasteiger partial charge on any atom is 0.313 e. The zero-order valence-corrected chi connectivity index (χ0v) is 20.1. The molecule has 5 nitrogen and oxygen atoms in total. The van der Waals surface area contributed by atoms with E-state index in [0.717, 1.165) is 16.7 Å². The molecular weight excluding hydrogens is 402 g/mol. The first-order valence-corrected chi connectivity index (χ1v) is 11.4. The molecule has 2 rings (SSSR count). The second kappa shape index (κ2) is 11.3. The van der Waals surface area contributed by atoms with Crippen molar-refractivity contribution in [3.63, 3.8) is 0 Å². The third-order valence-corrected chi connectivity index (χ3v) is 6.26. The van der Waals surface area contributed by atoms with Crippen LogP contribution in [0.2, 0.25) is 0 Å². The molecule has 0 heterocycles. The number of carbonyl (C=O) groups is 2. The molecular formula is C27H37NO4. The van der Waals surface area contributed by atoms with E-state index in [1.54, 1.807) is 26.0 Å². The van der Waals surface area contributed by atoms with Crippen LogP contribution in [0.1, 0.15) is 70.6 Å². The molecule has 1 amide bonds. The van der Waals surface area contributed by atoms with Crippen molar-refractivity contribution in [1.82, 2.24) is 5.32 Å². The summed E-state index contributed by atoms with van der Waals surface area (Å²) in [6, 6.07) is 15.4. The Morgan fingerprint density at radius 2 is 1.69 bits per heavy atom. The molecule has 0 spiro atoms. The number of rotatable bonds is 10. The maximum atomic E-state index is 12.7. The van der Waals surface area contributed by atoms with Crippen molar-refractivity contribution in [3.05, 3.63) is 65.2 Å². The number of benzene rings is 2. The Kier molecular flexibility index (Phi) is 9.02. The number of amides is 1. The fraction of sp³-hybridized carbons (Fsp3) is 0.481. The molecule has 0 bridgehead atoms. The van der Waals surface area contributed by atoms with Gasteiger partial charge in [-0.25, -0.2) is 0 Å². The zero-order valence-electron chi connectivity index (χ0n) is 20.1. The van der Waals surface area contributed by atoms with E-state index < -0.39 is 5.41 Å².